The molecule has 0 aromatic carbocycles. The van der Waals surface area contributed by atoms with Crippen LogP contribution in [0.25, 0.3) is 0 Å². The molecule has 0 aromatic heterocycles. The molecule has 56 valence electrons. The van der Waals surface area contributed by atoms with Gasteiger partial charge in [-0.15, -0.1) is 0 Å². The molecule has 0 aromatic rings. The molecule has 9 heavy (non-hydrogen) atoms. The number of nitrogens with one attached hydrogen (secondary N) is 2. The van der Waals surface area contributed by atoms with Crippen LogP contribution in [0.3, 0.4) is 0 Å². The molecular weight excluding hydrogens is 116 g/mol. The van der Waals surface area contributed by atoms with E-state index in [9.17, 15) is 0 Å². The third-order valence-electron chi connectivity index (χ3n) is 0.901. The van der Waals surface area contributed by atoms with Gasteiger partial charge in [-0.05, 0) is 14.0 Å². The van der Waals surface area contributed by atoms with E-state index in [4.69, 9.17) is 11.5 Å². The normalized spacial score (nSPS) is 17.3. The van der Waals surface area contributed by atoms with Crippen molar-refractivity contribution in [1.82, 2.24) is 10.6 Å². The molecule has 4 nitrogen and oxygen atoms in total. The lowest BCUT2D eigenvalue weighted by molar-refractivity contribution is 0.448. The Morgan fingerprint density at radius 1 is 1.44 bits per heavy atom. The molecule has 0 radical (unpaired) electrons. The van der Waals surface area contributed by atoms with E-state index < -0.39 is 0 Å². The molecule has 0 saturated carbocycles. The molecule has 0 heterocycles. The molecule has 2 atom stereocenters. The minimum absolute atomic E-state index is 0.0339. The van der Waals surface area contributed by atoms with Gasteiger partial charge < -0.3 is 16.8 Å². The van der Waals surface area contributed by atoms with Gasteiger partial charge in [0.25, 0.3) is 0 Å². The Hall–Kier alpha value is -0.160. The summed E-state index contributed by atoms with van der Waals surface area (Å²) in [6.45, 7) is 2.59. The standard InChI is InChI=1S/C5H16N4/c1-4(6)9-5(7)3-8-2/h4-5,8-9H,3,6-7H2,1-2H3. The zero-order chi connectivity index (χ0) is 7.28. The van der Waals surface area contributed by atoms with Gasteiger partial charge in [0.15, 0.2) is 0 Å². The van der Waals surface area contributed by atoms with Gasteiger partial charge in [0, 0.05) is 6.54 Å². The smallest absolute Gasteiger partial charge is 0.0686 e. The van der Waals surface area contributed by atoms with Gasteiger partial charge >= 0.3 is 0 Å². The van der Waals surface area contributed by atoms with Gasteiger partial charge in [-0.25, -0.2) is 0 Å². The Kier molecular flexibility index (Phi) is 4.61. The first kappa shape index (κ1) is 8.84. The van der Waals surface area contributed by atoms with E-state index in [1.54, 1.807) is 0 Å². The zero-order valence-electron chi connectivity index (χ0n) is 6.02. The van der Waals surface area contributed by atoms with Gasteiger partial charge in [-0.3, -0.25) is 5.32 Å². The van der Waals surface area contributed by atoms with Crippen LogP contribution in [0.2, 0.25) is 0 Å². The Morgan fingerprint density at radius 2 is 2.00 bits per heavy atom. The second-order valence-electron chi connectivity index (χ2n) is 2.12. The van der Waals surface area contributed by atoms with Gasteiger partial charge in [-0.2, -0.15) is 0 Å². The van der Waals surface area contributed by atoms with Crippen molar-refractivity contribution in [3.8, 4) is 0 Å². The maximum absolute atomic E-state index is 5.53. The Morgan fingerprint density at radius 3 is 2.33 bits per heavy atom. The number of rotatable bonds is 4. The summed E-state index contributed by atoms with van der Waals surface area (Å²) in [6.07, 6.45) is -0.0802. The minimum atomic E-state index is -0.0463. The van der Waals surface area contributed by atoms with Crippen LogP contribution in [0.4, 0.5) is 0 Å². The second kappa shape index (κ2) is 4.69. The topological polar surface area (TPSA) is 76.1 Å². The molecule has 0 bridgehead atoms. The van der Waals surface area contributed by atoms with E-state index in [0.29, 0.717) is 0 Å². The summed E-state index contributed by atoms with van der Waals surface area (Å²) in [6, 6.07) is 0. The second-order valence-corrected chi connectivity index (χ2v) is 2.12. The molecule has 0 saturated heterocycles. The average molecular weight is 132 g/mol. The molecule has 0 amide bonds. The first-order chi connectivity index (χ1) is 4.16. The highest BCUT2D eigenvalue weighted by molar-refractivity contribution is 4.62. The third kappa shape index (κ3) is 5.72. The predicted octanol–water partition coefficient (Wildman–Crippen LogP) is -1.62. The van der Waals surface area contributed by atoms with Crippen LogP contribution in [0.15, 0.2) is 0 Å². The maximum atomic E-state index is 5.53. The Balaban J connectivity index is 3.15. The van der Waals surface area contributed by atoms with Crippen molar-refractivity contribution in [3.05, 3.63) is 0 Å². The van der Waals surface area contributed by atoms with E-state index in [1.807, 2.05) is 14.0 Å². The Labute approximate surface area is 56.0 Å². The van der Waals surface area contributed by atoms with Crippen LogP contribution in [-0.2, 0) is 0 Å². The van der Waals surface area contributed by atoms with Crippen molar-refractivity contribution >= 4 is 0 Å². The average Bonchev–Trinajstić information content (AvgIpc) is 1.63. The lowest BCUT2D eigenvalue weighted by atomic mass is 10.4. The zero-order valence-corrected chi connectivity index (χ0v) is 6.02. The highest BCUT2D eigenvalue weighted by Gasteiger charge is 1.99. The van der Waals surface area contributed by atoms with Gasteiger partial charge in [0.1, 0.15) is 0 Å². The quantitative estimate of drug-likeness (QED) is 0.347. The first-order valence-electron chi connectivity index (χ1n) is 3.08. The molecule has 0 spiro atoms. The highest BCUT2D eigenvalue weighted by atomic mass is 15.1. The van der Waals surface area contributed by atoms with Crippen molar-refractivity contribution in [2.45, 2.75) is 19.3 Å². The fourth-order valence-corrected chi connectivity index (χ4v) is 0.617. The van der Waals surface area contributed by atoms with Crippen LogP contribution in [0, 0.1) is 0 Å². The van der Waals surface area contributed by atoms with Gasteiger partial charge in [-0.1, -0.05) is 0 Å². The molecule has 0 aliphatic carbocycles. The summed E-state index contributed by atoms with van der Waals surface area (Å²) < 4.78 is 0. The maximum Gasteiger partial charge on any atom is 0.0686 e. The van der Waals surface area contributed by atoms with Crippen LogP contribution in [0.5, 0.6) is 0 Å². The number of hydrogen-bond donors (Lipinski definition) is 4. The molecular formula is C5H16N4. The van der Waals surface area contributed by atoms with Gasteiger partial charge in [0.05, 0.1) is 12.3 Å². The van der Waals surface area contributed by atoms with E-state index in [-0.39, 0.29) is 12.3 Å². The highest BCUT2D eigenvalue weighted by Crippen LogP contribution is 1.70. The predicted molar refractivity (Wildman–Crippen MR) is 38.7 cm³/mol. The van der Waals surface area contributed by atoms with E-state index in [2.05, 4.69) is 10.6 Å². The molecule has 6 N–H and O–H groups in total. The molecule has 0 aliphatic rings. The largest absolute Gasteiger partial charge is 0.317 e. The van der Waals surface area contributed by atoms with E-state index in [1.165, 1.54) is 0 Å². The Bertz CT molecular complexity index is 64.0. The number of likely N-dealkylation sites (N-methyl/N-ethyl adjacent to an activating group) is 1. The summed E-state index contributed by atoms with van der Waals surface area (Å²) in [5, 5.41) is 5.87. The van der Waals surface area contributed by atoms with Crippen molar-refractivity contribution < 1.29 is 0 Å². The fraction of sp³-hybridized carbons (Fsp3) is 1.00. The van der Waals surface area contributed by atoms with Crippen molar-refractivity contribution in [2.75, 3.05) is 13.6 Å². The van der Waals surface area contributed by atoms with E-state index in [0.717, 1.165) is 6.54 Å². The van der Waals surface area contributed by atoms with E-state index >= 15 is 0 Å². The van der Waals surface area contributed by atoms with Crippen molar-refractivity contribution in [1.29, 1.82) is 0 Å². The number of hydrogen-bond acceptors (Lipinski definition) is 4. The summed E-state index contributed by atoms with van der Waals surface area (Å²) in [5.74, 6) is 0. The summed E-state index contributed by atoms with van der Waals surface area (Å²) in [5.41, 5.74) is 10.9. The lowest BCUT2D eigenvalue weighted by Crippen LogP contribution is -2.51. The molecule has 0 fully saturated rings. The molecule has 0 rings (SSSR count). The van der Waals surface area contributed by atoms with Crippen LogP contribution in [0.1, 0.15) is 6.92 Å². The number of nitrogens with two attached hydrogens (primary N) is 2. The molecule has 0 aliphatic heterocycles. The summed E-state index contributed by atoms with van der Waals surface area (Å²) >= 11 is 0. The SMILES string of the molecule is CNCC(N)NC(C)N. The molecule has 2 unspecified atom stereocenters. The van der Waals surface area contributed by atoms with Crippen molar-refractivity contribution in [2.24, 2.45) is 11.5 Å². The van der Waals surface area contributed by atoms with Crippen molar-refractivity contribution in [3.63, 3.8) is 0 Å². The third-order valence-corrected chi connectivity index (χ3v) is 0.901. The first-order valence-corrected chi connectivity index (χ1v) is 3.08. The van der Waals surface area contributed by atoms with Gasteiger partial charge in [0.2, 0.25) is 0 Å². The van der Waals surface area contributed by atoms with Crippen LogP contribution >= 0.6 is 0 Å². The fourth-order valence-electron chi connectivity index (χ4n) is 0.617. The van der Waals surface area contributed by atoms with Crippen LogP contribution < -0.4 is 22.1 Å². The monoisotopic (exact) mass is 132 g/mol. The summed E-state index contributed by atoms with van der Waals surface area (Å²) in [4.78, 5) is 0. The molecule has 4 heteroatoms. The van der Waals surface area contributed by atoms with Crippen LogP contribution in [-0.4, -0.2) is 25.9 Å². The minimum Gasteiger partial charge on any atom is -0.317 e. The summed E-state index contributed by atoms with van der Waals surface area (Å²) in [7, 11) is 1.85. The lowest BCUT2D eigenvalue weighted by Gasteiger charge is -2.15.